The number of carbonyl (C=O) groups excluding carboxylic acids is 3. The number of carbonyl (C=O) groups is 3. The molecule has 0 aromatic carbocycles. The van der Waals surface area contributed by atoms with Crippen molar-refractivity contribution in [2.24, 2.45) is 0 Å². The second-order valence-corrected chi connectivity index (χ2v) is 16.7. The Labute approximate surface area is 365 Å². The Balaban J connectivity index is 4.35. The van der Waals surface area contributed by atoms with Crippen molar-refractivity contribution in [3.8, 4) is 0 Å². The maximum atomic E-state index is 12.7. The Bertz CT molecular complexity index is 1040. The predicted octanol–water partition coefficient (Wildman–Crippen LogP) is 16.3. The van der Waals surface area contributed by atoms with Crippen LogP contribution in [0.15, 0.2) is 48.6 Å². The first-order chi connectivity index (χ1) is 29.0. The van der Waals surface area contributed by atoms with Crippen LogP contribution in [0.4, 0.5) is 0 Å². The van der Waals surface area contributed by atoms with Gasteiger partial charge < -0.3 is 14.2 Å². The molecule has 0 N–H and O–H groups in total. The Morgan fingerprint density at radius 1 is 0.373 bits per heavy atom. The van der Waals surface area contributed by atoms with Gasteiger partial charge in [-0.15, -0.1) is 0 Å². The fraction of sp³-hybridized carbons (Fsp3) is 0.792. The Morgan fingerprint density at radius 2 is 0.712 bits per heavy atom. The standard InChI is InChI=1S/C53H94O6/c1-4-7-10-13-16-19-21-23-25-26-27-28-30-31-34-37-40-43-46-52(55)58-49-50(48-57-51(54)45-42-39-36-33-18-15-12-9-6-3)59-53(56)47-44-41-38-35-32-29-24-22-20-17-14-11-8-5-2/h9,12,18,25-28,33,50H,4-8,10-11,13-17,19-24,29-32,34-49H2,1-3H3/b12-9-,26-25-,28-27-,33-18-. The Hall–Kier alpha value is -2.63. The second-order valence-electron chi connectivity index (χ2n) is 16.7. The van der Waals surface area contributed by atoms with Crippen LogP contribution >= 0.6 is 0 Å². The summed E-state index contributed by atoms with van der Waals surface area (Å²) in [4.78, 5) is 37.8. The Morgan fingerprint density at radius 3 is 1.15 bits per heavy atom. The van der Waals surface area contributed by atoms with Gasteiger partial charge >= 0.3 is 17.9 Å². The van der Waals surface area contributed by atoms with E-state index in [0.717, 1.165) is 89.9 Å². The van der Waals surface area contributed by atoms with Crippen LogP contribution in [0.2, 0.25) is 0 Å². The van der Waals surface area contributed by atoms with Crippen LogP contribution in [0.5, 0.6) is 0 Å². The lowest BCUT2D eigenvalue weighted by Crippen LogP contribution is -2.30. The van der Waals surface area contributed by atoms with Gasteiger partial charge in [-0.05, 0) is 70.6 Å². The van der Waals surface area contributed by atoms with Crippen molar-refractivity contribution in [1.29, 1.82) is 0 Å². The summed E-state index contributed by atoms with van der Waals surface area (Å²) in [6, 6.07) is 0. The van der Waals surface area contributed by atoms with E-state index in [-0.39, 0.29) is 31.1 Å². The summed E-state index contributed by atoms with van der Waals surface area (Å²) in [5.41, 5.74) is 0. The summed E-state index contributed by atoms with van der Waals surface area (Å²) in [6.45, 7) is 6.47. The number of ether oxygens (including phenoxy) is 3. The molecule has 0 saturated carbocycles. The molecule has 1 unspecified atom stereocenters. The summed E-state index contributed by atoms with van der Waals surface area (Å²) in [6.07, 6.45) is 56.8. The molecule has 0 heterocycles. The van der Waals surface area contributed by atoms with Gasteiger partial charge in [0.05, 0.1) is 0 Å². The number of hydrogen-bond acceptors (Lipinski definition) is 6. The molecule has 0 amide bonds. The average molecular weight is 827 g/mol. The first-order valence-electron chi connectivity index (χ1n) is 25.2. The number of rotatable bonds is 45. The van der Waals surface area contributed by atoms with Gasteiger partial charge in [-0.25, -0.2) is 0 Å². The molecule has 0 saturated heterocycles. The maximum Gasteiger partial charge on any atom is 0.306 e. The van der Waals surface area contributed by atoms with Gasteiger partial charge in [-0.2, -0.15) is 0 Å². The van der Waals surface area contributed by atoms with E-state index in [1.165, 1.54) is 122 Å². The molecular formula is C53H94O6. The van der Waals surface area contributed by atoms with E-state index in [1.54, 1.807) is 0 Å². The van der Waals surface area contributed by atoms with E-state index in [2.05, 4.69) is 69.4 Å². The molecule has 6 heteroatoms. The van der Waals surface area contributed by atoms with E-state index in [4.69, 9.17) is 14.2 Å². The third kappa shape index (κ3) is 46.3. The number of unbranched alkanes of at least 4 members (excludes halogenated alkanes) is 27. The molecule has 0 aromatic heterocycles. The molecule has 0 aliphatic rings. The maximum absolute atomic E-state index is 12.7. The lowest BCUT2D eigenvalue weighted by atomic mass is 10.0. The molecule has 0 radical (unpaired) electrons. The molecule has 0 aliphatic heterocycles. The largest absolute Gasteiger partial charge is 0.462 e. The van der Waals surface area contributed by atoms with Crippen LogP contribution in [0, 0.1) is 0 Å². The molecule has 0 fully saturated rings. The summed E-state index contributed by atoms with van der Waals surface area (Å²) in [5.74, 6) is -0.935. The van der Waals surface area contributed by atoms with Gasteiger partial charge in [0.15, 0.2) is 6.10 Å². The summed E-state index contributed by atoms with van der Waals surface area (Å²) < 4.78 is 16.7. The van der Waals surface area contributed by atoms with E-state index in [0.29, 0.717) is 19.3 Å². The van der Waals surface area contributed by atoms with Gasteiger partial charge in [0, 0.05) is 19.3 Å². The molecular weight excluding hydrogens is 733 g/mol. The number of esters is 3. The van der Waals surface area contributed by atoms with Crippen LogP contribution < -0.4 is 0 Å². The SMILES string of the molecule is CC/C=C\C/C=C\CCCCC(=O)OCC(COC(=O)CCCCCCC/C=C\C=C/CCCCCCCCC)OC(=O)CCCCCCCCCCCCCCCC. The first-order valence-corrected chi connectivity index (χ1v) is 25.2. The van der Waals surface area contributed by atoms with Gasteiger partial charge in [-0.1, -0.05) is 211 Å². The molecule has 0 aliphatic carbocycles. The highest BCUT2D eigenvalue weighted by molar-refractivity contribution is 5.71. The highest BCUT2D eigenvalue weighted by atomic mass is 16.6. The highest BCUT2D eigenvalue weighted by Gasteiger charge is 2.19. The fourth-order valence-electron chi connectivity index (χ4n) is 7.06. The molecule has 6 nitrogen and oxygen atoms in total. The van der Waals surface area contributed by atoms with E-state index < -0.39 is 6.10 Å². The molecule has 0 rings (SSSR count). The third-order valence-corrected chi connectivity index (χ3v) is 10.8. The number of hydrogen-bond donors (Lipinski definition) is 0. The number of allylic oxidation sites excluding steroid dienone is 8. The van der Waals surface area contributed by atoms with Crippen LogP contribution in [0.25, 0.3) is 0 Å². The van der Waals surface area contributed by atoms with E-state index in [1.807, 2.05) is 0 Å². The van der Waals surface area contributed by atoms with Crippen molar-refractivity contribution >= 4 is 17.9 Å². The van der Waals surface area contributed by atoms with Crippen molar-refractivity contribution in [2.45, 2.75) is 258 Å². The summed E-state index contributed by atoms with van der Waals surface area (Å²) in [7, 11) is 0. The van der Waals surface area contributed by atoms with E-state index in [9.17, 15) is 14.4 Å². The monoisotopic (exact) mass is 827 g/mol. The topological polar surface area (TPSA) is 78.9 Å². The van der Waals surface area contributed by atoms with Crippen molar-refractivity contribution in [3.05, 3.63) is 48.6 Å². The molecule has 1 atom stereocenters. The van der Waals surface area contributed by atoms with Crippen LogP contribution in [0.3, 0.4) is 0 Å². The minimum absolute atomic E-state index is 0.0896. The zero-order valence-corrected chi connectivity index (χ0v) is 39.0. The van der Waals surface area contributed by atoms with E-state index >= 15 is 0 Å². The molecule has 0 bridgehead atoms. The summed E-state index contributed by atoms with van der Waals surface area (Å²) in [5, 5.41) is 0. The third-order valence-electron chi connectivity index (χ3n) is 10.8. The quantitative estimate of drug-likeness (QED) is 0.0200. The van der Waals surface area contributed by atoms with Crippen molar-refractivity contribution < 1.29 is 28.6 Å². The van der Waals surface area contributed by atoms with Gasteiger partial charge in [-0.3, -0.25) is 14.4 Å². The lowest BCUT2D eigenvalue weighted by molar-refractivity contribution is -0.167. The van der Waals surface area contributed by atoms with Crippen LogP contribution in [0.1, 0.15) is 252 Å². The minimum atomic E-state index is -0.788. The fourth-order valence-corrected chi connectivity index (χ4v) is 7.06. The molecule has 0 aromatic rings. The van der Waals surface area contributed by atoms with Gasteiger partial charge in [0.25, 0.3) is 0 Å². The average Bonchev–Trinajstić information content (AvgIpc) is 3.23. The minimum Gasteiger partial charge on any atom is -0.462 e. The van der Waals surface area contributed by atoms with Crippen molar-refractivity contribution in [3.63, 3.8) is 0 Å². The first kappa shape index (κ1) is 56.4. The molecule has 342 valence electrons. The highest BCUT2D eigenvalue weighted by Crippen LogP contribution is 2.15. The zero-order chi connectivity index (χ0) is 43.0. The zero-order valence-electron chi connectivity index (χ0n) is 39.0. The van der Waals surface area contributed by atoms with Crippen LogP contribution in [-0.4, -0.2) is 37.2 Å². The molecule has 59 heavy (non-hydrogen) atoms. The molecule has 0 spiro atoms. The predicted molar refractivity (Wildman–Crippen MR) is 252 cm³/mol. The van der Waals surface area contributed by atoms with Gasteiger partial charge in [0.2, 0.25) is 0 Å². The van der Waals surface area contributed by atoms with Crippen LogP contribution in [-0.2, 0) is 28.6 Å². The van der Waals surface area contributed by atoms with Crippen molar-refractivity contribution in [1.82, 2.24) is 0 Å². The smallest absolute Gasteiger partial charge is 0.306 e. The van der Waals surface area contributed by atoms with Gasteiger partial charge in [0.1, 0.15) is 13.2 Å². The van der Waals surface area contributed by atoms with Crippen molar-refractivity contribution in [2.75, 3.05) is 13.2 Å². The normalized spacial score (nSPS) is 12.4. The lowest BCUT2D eigenvalue weighted by Gasteiger charge is -2.18. The second kappa shape index (κ2) is 48.0. The summed E-state index contributed by atoms with van der Waals surface area (Å²) >= 11 is 0. The Kier molecular flexibility index (Phi) is 45.9.